The van der Waals surface area contributed by atoms with Crippen LogP contribution in [0.2, 0.25) is 5.02 Å². The zero-order chi connectivity index (χ0) is 24.4. The van der Waals surface area contributed by atoms with Crippen molar-refractivity contribution in [3.63, 3.8) is 0 Å². The van der Waals surface area contributed by atoms with E-state index in [9.17, 15) is 4.79 Å². The molecule has 0 atom stereocenters. The van der Waals surface area contributed by atoms with Gasteiger partial charge in [-0.3, -0.25) is 4.79 Å². The highest BCUT2D eigenvalue weighted by Gasteiger charge is 2.21. The number of nitrogens with zero attached hydrogens (tertiary/aromatic N) is 3. The highest BCUT2D eigenvalue weighted by molar-refractivity contribution is 6.31. The molecule has 1 aromatic heterocycles. The van der Waals surface area contributed by atoms with Crippen LogP contribution in [0.5, 0.6) is 5.75 Å². The van der Waals surface area contributed by atoms with Gasteiger partial charge in [0.05, 0.1) is 7.11 Å². The Hall–Kier alpha value is -3.77. The summed E-state index contributed by atoms with van der Waals surface area (Å²) in [6.45, 7) is 5.40. The lowest BCUT2D eigenvalue weighted by atomic mass is 10.1. The number of anilines is 3. The molecule has 0 spiro atoms. The molecule has 0 unspecified atom stereocenters. The van der Waals surface area contributed by atoms with Crippen molar-refractivity contribution in [3.8, 4) is 5.75 Å². The molecule has 4 aromatic rings. The van der Waals surface area contributed by atoms with Crippen molar-refractivity contribution >= 4 is 45.5 Å². The predicted molar refractivity (Wildman–Crippen MR) is 143 cm³/mol. The number of carbonyl (C=O) groups is 1. The molecule has 0 radical (unpaired) electrons. The number of ether oxygens (including phenoxy) is 1. The molecule has 1 aliphatic rings. The first-order valence-corrected chi connectivity index (χ1v) is 12.0. The quantitative estimate of drug-likeness (QED) is 0.387. The van der Waals surface area contributed by atoms with Gasteiger partial charge in [0, 0.05) is 59.7 Å². The third-order valence-corrected chi connectivity index (χ3v) is 6.86. The molecule has 0 bridgehead atoms. The fourth-order valence-electron chi connectivity index (χ4n) is 4.39. The number of nitrogens with one attached hydrogen (secondary N) is 1. The average molecular weight is 487 g/mol. The summed E-state index contributed by atoms with van der Waals surface area (Å²) in [5.74, 6) is 1.59. The number of benzene rings is 3. The van der Waals surface area contributed by atoms with E-state index in [0.29, 0.717) is 16.3 Å². The number of rotatable bonds is 5. The van der Waals surface area contributed by atoms with Gasteiger partial charge in [0.2, 0.25) is 0 Å². The Labute approximate surface area is 210 Å². The Morgan fingerprint density at radius 1 is 0.943 bits per heavy atom. The van der Waals surface area contributed by atoms with Gasteiger partial charge in [0.25, 0.3) is 5.91 Å². The molecule has 2 heterocycles. The molecule has 1 fully saturated rings. The molecule has 35 heavy (non-hydrogen) atoms. The van der Waals surface area contributed by atoms with E-state index in [4.69, 9.17) is 21.3 Å². The van der Waals surface area contributed by atoms with E-state index < -0.39 is 0 Å². The van der Waals surface area contributed by atoms with Crippen LogP contribution in [-0.2, 0) is 0 Å². The molecule has 3 aromatic carbocycles. The summed E-state index contributed by atoms with van der Waals surface area (Å²) < 4.78 is 5.27. The number of amides is 1. The molecule has 0 saturated carbocycles. The fraction of sp³-hybridized carbons (Fsp3) is 0.214. The van der Waals surface area contributed by atoms with E-state index in [2.05, 4.69) is 27.2 Å². The lowest BCUT2D eigenvalue weighted by molar-refractivity contribution is 0.102. The number of hydrogen-bond acceptors (Lipinski definition) is 5. The summed E-state index contributed by atoms with van der Waals surface area (Å²) in [7, 11) is 1.68. The number of aryl methyl sites for hydroxylation is 1. The maximum absolute atomic E-state index is 13.0. The van der Waals surface area contributed by atoms with Gasteiger partial charge < -0.3 is 19.9 Å². The predicted octanol–water partition coefficient (Wildman–Crippen LogP) is 5.78. The molecule has 6 nitrogen and oxygen atoms in total. The van der Waals surface area contributed by atoms with E-state index in [0.717, 1.165) is 54.1 Å². The van der Waals surface area contributed by atoms with Crippen LogP contribution in [0.3, 0.4) is 0 Å². The molecular formula is C28H27ClN4O2. The van der Waals surface area contributed by atoms with Gasteiger partial charge in [-0.25, -0.2) is 4.98 Å². The van der Waals surface area contributed by atoms with Crippen LogP contribution in [0, 0.1) is 6.92 Å². The summed E-state index contributed by atoms with van der Waals surface area (Å²) in [5, 5.41) is 5.61. The highest BCUT2D eigenvalue weighted by Crippen LogP contribution is 2.28. The maximum Gasteiger partial charge on any atom is 0.255 e. The third kappa shape index (κ3) is 4.88. The summed E-state index contributed by atoms with van der Waals surface area (Å²) in [5.41, 5.74) is 3.41. The summed E-state index contributed by atoms with van der Waals surface area (Å²) in [6, 6.07) is 21.4. The molecule has 7 heteroatoms. The minimum Gasteiger partial charge on any atom is -0.497 e. The van der Waals surface area contributed by atoms with Crippen molar-refractivity contribution in [1.82, 2.24) is 4.98 Å². The fourth-order valence-corrected chi connectivity index (χ4v) is 4.57. The Balaban J connectivity index is 1.34. The number of pyridine rings is 1. The second-order valence-corrected chi connectivity index (χ2v) is 9.07. The second-order valence-electron chi connectivity index (χ2n) is 8.66. The van der Waals surface area contributed by atoms with Gasteiger partial charge in [0.1, 0.15) is 11.6 Å². The molecular weight excluding hydrogens is 460 g/mol. The van der Waals surface area contributed by atoms with Gasteiger partial charge in [-0.1, -0.05) is 23.7 Å². The van der Waals surface area contributed by atoms with Crippen LogP contribution >= 0.6 is 11.6 Å². The van der Waals surface area contributed by atoms with Crippen LogP contribution in [0.15, 0.2) is 72.9 Å². The molecule has 1 N–H and O–H groups in total. The van der Waals surface area contributed by atoms with E-state index in [1.807, 2.05) is 61.7 Å². The third-order valence-electron chi connectivity index (χ3n) is 6.45. The zero-order valence-electron chi connectivity index (χ0n) is 19.8. The SMILES string of the molecule is COc1ccc(N2CCN(c3nccc4ccc(C(=O)Nc5ccc(C)c(Cl)c5)cc34)CC2)cc1. The standard InChI is InChI=1S/C28H27ClN4O2/c1-19-3-6-22(18-26(19)29)31-28(34)21-5-4-20-11-12-30-27(25(20)17-21)33-15-13-32(14-16-33)23-7-9-24(35-2)10-8-23/h3-12,17-18H,13-16H2,1-2H3,(H,31,34). The van der Waals surface area contributed by atoms with Gasteiger partial charge in [0.15, 0.2) is 0 Å². The molecule has 1 aliphatic heterocycles. The van der Waals surface area contributed by atoms with Crippen molar-refractivity contribution in [2.24, 2.45) is 0 Å². The van der Waals surface area contributed by atoms with Gasteiger partial charge in [-0.2, -0.15) is 0 Å². The van der Waals surface area contributed by atoms with Crippen LogP contribution in [0.1, 0.15) is 15.9 Å². The van der Waals surface area contributed by atoms with Gasteiger partial charge in [-0.05, 0) is 72.5 Å². The van der Waals surface area contributed by atoms with Crippen molar-refractivity contribution in [1.29, 1.82) is 0 Å². The molecule has 1 saturated heterocycles. The monoisotopic (exact) mass is 486 g/mol. The Morgan fingerprint density at radius 3 is 2.40 bits per heavy atom. The summed E-state index contributed by atoms with van der Waals surface area (Å²) in [4.78, 5) is 22.3. The van der Waals surface area contributed by atoms with E-state index in [-0.39, 0.29) is 5.91 Å². The topological polar surface area (TPSA) is 57.7 Å². The average Bonchev–Trinajstić information content (AvgIpc) is 2.90. The number of carbonyl (C=O) groups excluding carboxylic acids is 1. The van der Waals surface area contributed by atoms with Gasteiger partial charge in [-0.15, -0.1) is 0 Å². The number of piperazine rings is 1. The Kier molecular flexibility index (Phi) is 6.47. The molecule has 1 amide bonds. The molecule has 0 aliphatic carbocycles. The van der Waals surface area contributed by atoms with E-state index in [1.54, 1.807) is 13.2 Å². The van der Waals surface area contributed by atoms with E-state index in [1.165, 1.54) is 5.69 Å². The van der Waals surface area contributed by atoms with Gasteiger partial charge >= 0.3 is 0 Å². The minimum atomic E-state index is -0.175. The van der Waals surface area contributed by atoms with Crippen LogP contribution < -0.4 is 19.9 Å². The number of aromatic nitrogens is 1. The lowest BCUT2D eigenvalue weighted by Gasteiger charge is -2.37. The zero-order valence-corrected chi connectivity index (χ0v) is 20.5. The number of methoxy groups -OCH3 is 1. The molecule has 5 rings (SSSR count). The maximum atomic E-state index is 13.0. The second kappa shape index (κ2) is 9.84. The summed E-state index contributed by atoms with van der Waals surface area (Å²) in [6.07, 6.45) is 1.83. The number of fused-ring (bicyclic) bond motifs is 1. The molecule has 178 valence electrons. The van der Waals surface area contributed by atoms with Crippen LogP contribution in [0.25, 0.3) is 10.8 Å². The normalized spacial score (nSPS) is 13.7. The first-order chi connectivity index (χ1) is 17.0. The number of hydrogen-bond donors (Lipinski definition) is 1. The van der Waals surface area contributed by atoms with Crippen molar-refractivity contribution in [2.45, 2.75) is 6.92 Å². The first-order valence-electron chi connectivity index (χ1n) is 11.6. The van der Waals surface area contributed by atoms with Crippen molar-refractivity contribution in [2.75, 3.05) is 48.4 Å². The van der Waals surface area contributed by atoms with Crippen molar-refractivity contribution < 1.29 is 9.53 Å². The van der Waals surface area contributed by atoms with Crippen molar-refractivity contribution in [3.05, 3.63) is 89.1 Å². The van der Waals surface area contributed by atoms with Crippen LogP contribution in [-0.4, -0.2) is 44.2 Å². The first kappa shape index (κ1) is 23.0. The Bertz CT molecular complexity index is 1370. The number of halogens is 1. The lowest BCUT2D eigenvalue weighted by Crippen LogP contribution is -2.46. The van der Waals surface area contributed by atoms with E-state index >= 15 is 0 Å². The Morgan fingerprint density at radius 2 is 1.69 bits per heavy atom. The highest BCUT2D eigenvalue weighted by atomic mass is 35.5. The smallest absolute Gasteiger partial charge is 0.255 e. The minimum absolute atomic E-state index is 0.175. The largest absolute Gasteiger partial charge is 0.497 e. The van der Waals surface area contributed by atoms with Crippen LogP contribution in [0.4, 0.5) is 17.2 Å². The summed E-state index contributed by atoms with van der Waals surface area (Å²) >= 11 is 6.22.